The molecule has 1 aromatic heterocycles. The highest BCUT2D eigenvalue weighted by molar-refractivity contribution is 6.51. The molecule has 0 fully saturated rings. The Kier molecular flexibility index (Phi) is 6.75. The molecule has 5 aromatic rings. The number of carbonyl (C=O) groups is 1. The first-order valence-corrected chi connectivity index (χ1v) is 14.4. The molecular formula is C34H27ClN6O2. The van der Waals surface area contributed by atoms with Gasteiger partial charge in [0.05, 0.1) is 41.0 Å². The Morgan fingerprint density at radius 1 is 0.907 bits per heavy atom. The van der Waals surface area contributed by atoms with Gasteiger partial charge in [-0.15, -0.1) is 0 Å². The minimum Gasteiger partial charge on any atom is -0.462 e. The Bertz CT molecular complexity index is 1910. The molecule has 3 heterocycles. The third kappa shape index (κ3) is 4.66. The molecule has 7 rings (SSSR count). The number of ether oxygens (including phenoxy) is 1. The van der Waals surface area contributed by atoms with Crippen molar-refractivity contribution in [2.45, 2.75) is 19.9 Å². The number of fused-ring (bicyclic) bond motifs is 4. The Morgan fingerprint density at radius 2 is 1.63 bits per heavy atom. The van der Waals surface area contributed by atoms with E-state index in [-0.39, 0.29) is 12.0 Å². The fourth-order valence-electron chi connectivity index (χ4n) is 5.58. The summed E-state index contributed by atoms with van der Waals surface area (Å²) in [5.41, 5.74) is 6.59. The molecule has 9 heteroatoms. The number of amidine groups is 2. The zero-order valence-corrected chi connectivity index (χ0v) is 24.3. The van der Waals surface area contributed by atoms with E-state index in [0.717, 1.165) is 39.6 Å². The van der Waals surface area contributed by atoms with Gasteiger partial charge in [-0.25, -0.2) is 19.5 Å². The second-order valence-corrected chi connectivity index (χ2v) is 10.6. The van der Waals surface area contributed by atoms with E-state index >= 15 is 0 Å². The Morgan fingerprint density at radius 3 is 2.40 bits per heavy atom. The second-order valence-electron chi connectivity index (χ2n) is 10.2. The molecule has 0 bridgehead atoms. The molecule has 0 saturated carbocycles. The van der Waals surface area contributed by atoms with Crippen molar-refractivity contribution in [2.24, 2.45) is 9.98 Å². The van der Waals surface area contributed by atoms with Crippen LogP contribution < -0.4 is 10.2 Å². The van der Waals surface area contributed by atoms with Crippen molar-refractivity contribution in [2.75, 3.05) is 16.8 Å². The maximum atomic E-state index is 12.2. The highest BCUT2D eigenvalue weighted by Gasteiger charge is 2.42. The normalized spacial score (nSPS) is 15.0. The van der Waals surface area contributed by atoms with Gasteiger partial charge in [-0.1, -0.05) is 60.1 Å². The number of nitrogens with zero attached hydrogens (tertiary/aromatic N) is 5. The molecule has 1 N–H and O–H groups in total. The summed E-state index contributed by atoms with van der Waals surface area (Å²) in [5.74, 6) is 1.54. The number of benzene rings is 4. The molecule has 4 aromatic carbocycles. The van der Waals surface area contributed by atoms with Gasteiger partial charge >= 0.3 is 5.97 Å². The van der Waals surface area contributed by atoms with Gasteiger partial charge in [0.25, 0.3) is 0 Å². The van der Waals surface area contributed by atoms with Crippen LogP contribution in [0.2, 0.25) is 5.02 Å². The molecule has 0 radical (unpaired) electrons. The minimum atomic E-state index is -0.361. The lowest BCUT2D eigenvalue weighted by atomic mass is 9.93. The molecule has 43 heavy (non-hydrogen) atoms. The zero-order valence-electron chi connectivity index (χ0n) is 23.5. The van der Waals surface area contributed by atoms with Crippen LogP contribution in [0.1, 0.15) is 40.1 Å². The van der Waals surface area contributed by atoms with E-state index in [4.69, 9.17) is 31.4 Å². The van der Waals surface area contributed by atoms with Crippen LogP contribution >= 0.6 is 11.6 Å². The number of aromatic nitrogens is 2. The van der Waals surface area contributed by atoms with Gasteiger partial charge in [-0.05, 0) is 74.0 Å². The fraction of sp³-hybridized carbons (Fsp3) is 0.118. The zero-order chi connectivity index (χ0) is 29.5. The van der Waals surface area contributed by atoms with Crippen LogP contribution in [0.15, 0.2) is 113 Å². The van der Waals surface area contributed by atoms with Crippen LogP contribution in [-0.4, -0.2) is 34.0 Å². The first kappa shape index (κ1) is 26.7. The summed E-state index contributed by atoms with van der Waals surface area (Å²) < 4.78 is 7.03. The van der Waals surface area contributed by atoms with Gasteiger partial charge in [-0.3, -0.25) is 0 Å². The maximum absolute atomic E-state index is 12.2. The average molecular weight is 587 g/mol. The summed E-state index contributed by atoms with van der Waals surface area (Å²) in [6.07, 6.45) is 0. The van der Waals surface area contributed by atoms with Crippen molar-refractivity contribution in [3.8, 4) is 5.69 Å². The van der Waals surface area contributed by atoms with Gasteiger partial charge in [0.2, 0.25) is 0 Å². The number of esters is 1. The number of halogens is 1. The van der Waals surface area contributed by atoms with Crippen molar-refractivity contribution in [3.63, 3.8) is 0 Å². The topological polar surface area (TPSA) is 84.1 Å². The monoisotopic (exact) mass is 586 g/mol. The number of carbonyl (C=O) groups excluding carboxylic acids is 1. The molecular weight excluding hydrogens is 560 g/mol. The Hall–Kier alpha value is -5.21. The number of hydrogen-bond donors (Lipinski definition) is 1. The van der Waals surface area contributed by atoms with Gasteiger partial charge in [0, 0.05) is 16.3 Å². The molecule has 0 spiro atoms. The number of para-hydroxylation sites is 3. The standard InChI is InChI=1S/C34H27ClN6O2/c1-3-43-34(42)22-17-19-23(20-18-22)36-31-33-38-32-29(21(2)39-41(32)24-11-5-4-6-12-24)30(25-13-7-8-14-26(25)35)40(33)28-16-10-9-15-27(28)37-31/h4-20,30H,3H2,1-2H3,(H,36,37)/t30-/m0/s1. The van der Waals surface area contributed by atoms with Crippen LogP contribution in [-0.2, 0) is 4.74 Å². The smallest absolute Gasteiger partial charge is 0.338 e. The predicted octanol–water partition coefficient (Wildman–Crippen LogP) is 7.81. The van der Waals surface area contributed by atoms with Crippen molar-refractivity contribution < 1.29 is 9.53 Å². The highest BCUT2D eigenvalue weighted by atomic mass is 35.5. The van der Waals surface area contributed by atoms with Gasteiger partial charge < -0.3 is 15.0 Å². The number of hydrogen-bond acceptors (Lipinski definition) is 7. The summed E-state index contributed by atoms with van der Waals surface area (Å²) in [4.78, 5) is 24.7. The van der Waals surface area contributed by atoms with Crippen LogP contribution in [0.4, 0.5) is 22.9 Å². The van der Waals surface area contributed by atoms with Crippen LogP contribution in [0.25, 0.3) is 5.69 Å². The molecule has 0 unspecified atom stereocenters. The molecule has 2 aliphatic rings. The van der Waals surface area contributed by atoms with Crippen LogP contribution in [0.5, 0.6) is 0 Å². The number of anilines is 2. The quantitative estimate of drug-likeness (QED) is 0.212. The molecule has 8 nitrogen and oxygen atoms in total. The second kappa shape index (κ2) is 10.9. The van der Waals surface area contributed by atoms with Crippen LogP contribution in [0, 0.1) is 6.92 Å². The SMILES string of the molecule is CCOC(=O)c1ccc(NC2=Nc3ccccc3N3C2=Nc2c(c(C)nn2-c2ccccc2)[C@@H]3c2ccccc2Cl)cc1. The Balaban J connectivity index is 1.42. The summed E-state index contributed by atoms with van der Waals surface area (Å²) >= 11 is 6.91. The highest BCUT2D eigenvalue weighted by Crippen LogP contribution is 2.49. The molecule has 0 aliphatic carbocycles. The van der Waals surface area contributed by atoms with E-state index in [1.165, 1.54) is 0 Å². The lowest BCUT2D eigenvalue weighted by Crippen LogP contribution is -2.46. The number of nitrogens with one attached hydrogen (secondary N) is 1. The van der Waals surface area contributed by atoms with Gasteiger partial charge in [-0.2, -0.15) is 5.10 Å². The van der Waals surface area contributed by atoms with E-state index in [2.05, 4.69) is 16.3 Å². The number of aryl methyl sites for hydroxylation is 1. The minimum absolute atomic E-state index is 0.318. The third-order valence-electron chi connectivity index (χ3n) is 7.50. The van der Waals surface area contributed by atoms with Gasteiger partial charge in [0.1, 0.15) is 0 Å². The predicted molar refractivity (Wildman–Crippen MR) is 171 cm³/mol. The summed E-state index contributed by atoms with van der Waals surface area (Å²) in [5, 5.41) is 9.08. The fourth-order valence-corrected chi connectivity index (χ4v) is 5.82. The molecule has 0 amide bonds. The van der Waals surface area contributed by atoms with E-state index in [0.29, 0.717) is 34.7 Å². The summed E-state index contributed by atoms with van der Waals surface area (Å²) in [6.45, 7) is 4.12. The van der Waals surface area contributed by atoms with Gasteiger partial charge in [0.15, 0.2) is 17.5 Å². The number of rotatable bonds is 5. The first-order chi connectivity index (χ1) is 21.0. The van der Waals surface area contributed by atoms with Crippen molar-refractivity contribution in [1.82, 2.24) is 9.78 Å². The maximum Gasteiger partial charge on any atom is 0.338 e. The van der Waals surface area contributed by atoms with Crippen molar-refractivity contribution in [3.05, 3.63) is 131 Å². The van der Waals surface area contributed by atoms with Crippen molar-refractivity contribution in [1.29, 1.82) is 0 Å². The molecule has 212 valence electrons. The molecule has 0 saturated heterocycles. The average Bonchev–Trinajstić information content (AvgIpc) is 3.37. The lowest BCUT2D eigenvalue weighted by Gasteiger charge is -2.40. The molecule has 1 atom stereocenters. The van der Waals surface area contributed by atoms with E-state index in [1.54, 1.807) is 19.1 Å². The third-order valence-corrected chi connectivity index (χ3v) is 7.84. The first-order valence-electron chi connectivity index (χ1n) is 14.0. The van der Waals surface area contributed by atoms with E-state index in [9.17, 15) is 4.79 Å². The van der Waals surface area contributed by atoms with E-state index < -0.39 is 0 Å². The van der Waals surface area contributed by atoms with Crippen LogP contribution in [0.3, 0.4) is 0 Å². The largest absolute Gasteiger partial charge is 0.462 e. The Labute approximate surface area is 253 Å². The lowest BCUT2D eigenvalue weighted by molar-refractivity contribution is 0.0526. The van der Waals surface area contributed by atoms with E-state index in [1.807, 2.05) is 96.5 Å². The summed E-state index contributed by atoms with van der Waals surface area (Å²) in [6, 6.07) is 32.7. The summed E-state index contributed by atoms with van der Waals surface area (Å²) in [7, 11) is 0. The molecule has 2 aliphatic heterocycles. The number of aliphatic imine (C=N–C) groups is 2. The van der Waals surface area contributed by atoms with Crippen molar-refractivity contribution >= 4 is 52.1 Å².